The van der Waals surface area contributed by atoms with Gasteiger partial charge in [-0.3, -0.25) is 4.79 Å². The predicted octanol–water partition coefficient (Wildman–Crippen LogP) is 3.54. The first-order chi connectivity index (χ1) is 16.2. The number of aromatic nitrogens is 3. The summed E-state index contributed by atoms with van der Waals surface area (Å²) in [5, 5.41) is 12.6. The summed E-state index contributed by atoms with van der Waals surface area (Å²) in [6.07, 6.45) is 2.43. The van der Waals surface area contributed by atoms with Crippen molar-refractivity contribution in [1.82, 2.24) is 20.1 Å². The maximum absolute atomic E-state index is 12.9. The smallest absolute Gasteiger partial charge is 0.255 e. The average molecular weight is 469 g/mol. The van der Waals surface area contributed by atoms with Crippen LogP contribution in [0.3, 0.4) is 0 Å². The van der Waals surface area contributed by atoms with Gasteiger partial charge in [-0.05, 0) is 30.5 Å². The molecule has 4 rings (SSSR count). The number of carbonyl (C=O) groups is 1. The van der Waals surface area contributed by atoms with Crippen LogP contribution in [-0.4, -0.2) is 53.4 Å². The van der Waals surface area contributed by atoms with Crippen molar-refractivity contribution in [2.45, 2.75) is 37.2 Å². The third kappa shape index (κ3) is 5.85. The Morgan fingerprint density at radius 1 is 1.18 bits per heavy atom. The number of ether oxygens (including phenoxy) is 3. The van der Waals surface area contributed by atoms with Crippen LogP contribution in [0.1, 0.15) is 34.6 Å². The molecule has 33 heavy (non-hydrogen) atoms. The lowest BCUT2D eigenvalue weighted by atomic mass is 10.1. The van der Waals surface area contributed by atoms with E-state index in [0.717, 1.165) is 35.9 Å². The Morgan fingerprint density at radius 2 is 2.03 bits per heavy atom. The van der Waals surface area contributed by atoms with E-state index in [1.54, 1.807) is 37.1 Å². The molecule has 1 atom stereocenters. The quantitative estimate of drug-likeness (QED) is 0.455. The summed E-state index contributed by atoms with van der Waals surface area (Å²) in [5.41, 5.74) is 1.57. The van der Waals surface area contributed by atoms with E-state index in [9.17, 15) is 4.79 Å². The molecule has 0 spiro atoms. The van der Waals surface area contributed by atoms with Crippen molar-refractivity contribution in [2.75, 3.05) is 26.6 Å². The van der Waals surface area contributed by atoms with Crippen molar-refractivity contribution < 1.29 is 19.0 Å². The second-order valence-corrected chi connectivity index (χ2v) is 8.65. The molecule has 1 saturated heterocycles. The average Bonchev–Trinajstić information content (AvgIpc) is 3.51. The van der Waals surface area contributed by atoms with Gasteiger partial charge < -0.3 is 24.1 Å². The van der Waals surface area contributed by atoms with E-state index >= 15 is 0 Å². The number of nitrogens with one attached hydrogen (secondary N) is 1. The molecule has 0 radical (unpaired) electrons. The highest BCUT2D eigenvalue weighted by molar-refractivity contribution is 7.99. The Labute approximate surface area is 197 Å². The van der Waals surface area contributed by atoms with Crippen LogP contribution in [0.4, 0.5) is 0 Å². The highest BCUT2D eigenvalue weighted by Gasteiger charge is 2.20. The van der Waals surface area contributed by atoms with E-state index in [0.29, 0.717) is 29.4 Å². The first-order valence-corrected chi connectivity index (χ1v) is 11.9. The lowest BCUT2D eigenvalue weighted by Crippen LogP contribution is -2.25. The molecule has 0 saturated carbocycles. The van der Waals surface area contributed by atoms with E-state index < -0.39 is 0 Å². The number of amides is 1. The standard InChI is InChI=1S/C24H28N4O4S/c1-30-18-10-11-20(21(13-18)31-2)23(29)25-14-22-26-27-24(33-16-19-9-6-12-32-19)28(22)15-17-7-4-3-5-8-17/h3-5,7-8,10-11,13,19H,6,9,12,14-16H2,1-2H3,(H,25,29). The molecule has 8 nitrogen and oxygen atoms in total. The van der Waals surface area contributed by atoms with Gasteiger partial charge in [0.2, 0.25) is 0 Å². The van der Waals surface area contributed by atoms with Crippen LogP contribution in [0.5, 0.6) is 11.5 Å². The maximum atomic E-state index is 12.9. The van der Waals surface area contributed by atoms with Crippen LogP contribution >= 0.6 is 11.8 Å². The monoisotopic (exact) mass is 468 g/mol. The highest BCUT2D eigenvalue weighted by Crippen LogP contribution is 2.26. The molecule has 9 heteroatoms. The van der Waals surface area contributed by atoms with Crippen molar-refractivity contribution in [2.24, 2.45) is 0 Å². The second-order valence-electron chi connectivity index (χ2n) is 7.67. The molecule has 1 aromatic heterocycles. The number of methoxy groups -OCH3 is 2. The molecule has 1 aliphatic rings. The third-order valence-corrected chi connectivity index (χ3v) is 6.56. The lowest BCUT2D eigenvalue weighted by Gasteiger charge is -2.13. The number of hydrogen-bond donors (Lipinski definition) is 1. The van der Waals surface area contributed by atoms with Crippen LogP contribution in [0.25, 0.3) is 0 Å². The van der Waals surface area contributed by atoms with Gasteiger partial charge in [-0.1, -0.05) is 42.1 Å². The van der Waals surface area contributed by atoms with Gasteiger partial charge in [-0.25, -0.2) is 0 Å². The molecule has 1 amide bonds. The van der Waals surface area contributed by atoms with E-state index in [4.69, 9.17) is 14.2 Å². The number of hydrogen-bond acceptors (Lipinski definition) is 7. The molecular weight excluding hydrogens is 440 g/mol. The van der Waals surface area contributed by atoms with Crippen molar-refractivity contribution in [3.8, 4) is 11.5 Å². The third-order valence-electron chi connectivity index (χ3n) is 5.46. The Bertz CT molecular complexity index is 1070. The Hall–Kier alpha value is -3.04. The van der Waals surface area contributed by atoms with E-state index in [1.807, 2.05) is 18.2 Å². The van der Waals surface area contributed by atoms with E-state index in [-0.39, 0.29) is 18.6 Å². The summed E-state index contributed by atoms with van der Waals surface area (Å²) < 4.78 is 18.4. The van der Waals surface area contributed by atoms with Gasteiger partial charge in [0.1, 0.15) is 11.5 Å². The minimum absolute atomic E-state index is 0.244. The number of rotatable bonds is 10. The molecule has 1 aliphatic heterocycles. The lowest BCUT2D eigenvalue weighted by molar-refractivity contribution is 0.0946. The molecule has 1 N–H and O–H groups in total. The normalized spacial score (nSPS) is 15.4. The summed E-state index contributed by atoms with van der Waals surface area (Å²) in [5.74, 6) is 2.35. The molecule has 1 unspecified atom stereocenters. The van der Waals surface area contributed by atoms with Gasteiger partial charge in [0, 0.05) is 18.4 Å². The largest absolute Gasteiger partial charge is 0.497 e. The first-order valence-electron chi connectivity index (χ1n) is 10.9. The molecule has 0 aliphatic carbocycles. The summed E-state index contributed by atoms with van der Waals surface area (Å²) in [4.78, 5) is 12.9. The van der Waals surface area contributed by atoms with Gasteiger partial charge in [0.05, 0.1) is 39.0 Å². The van der Waals surface area contributed by atoms with Gasteiger partial charge in [0.15, 0.2) is 11.0 Å². The number of benzene rings is 2. The topological polar surface area (TPSA) is 87.5 Å². The van der Waals surface area contributed by atoms with Crippen LogP contribution in [0, 0.1) is 0 Å². The Balaban J connectivity index is 1.49. The van der Waals surface area contributed by atoms with Gasteiger partial charge in [0.25, 0.3) is 5.91 Å². The van der Waals surface area contributed by atoms with E-state index in [1.165, 1.54) is 7.11 Å². The molecule has 174 valence electrons. The minimum Gasteiger partial charge on any atom is -0.497 e. The zero-order valence-electron chi connectivity index (χ0n) is 18.8. The van der Waals surface area contributed by atoms with Gasteiger partial charge >= 0.3 is 0 Å². The minimum atomic E-state index is -0.252. The number of thioether (sulfide) groups is 1. The summed E-state index contributed by atoms with van der Waals surface area (Å²) >= 11 is 1.64. The first kappa shape index (κ1) is 23.1. The predicted molar refractivity (Wildman–Crippen MR) is 126 cm³/mol. The Kier molecular flexibility index (Phi) is 7.85. The molecule has 3 aromatic rings. The highest BCUT2D eigenvalue weighted by atomic mass is 32.2. The zero-order chi connectivity index (χ0) is 23.0. The molecule has 2 heterocycles. The van der Waals surface area contributed by atoms with Gasteiger partial charge in [-0.2, -0.15) is 0 Å². The molecule has 2 aromatic carbocycles. The van der Waals surface area contributed by atoms with E-state index in [2.05, 4.69) is 32.2 Å². The SMILES string of the molecule is COc1ccc(C(=O)NCc2nnc(SCC3CCCO3)n2Cc2ccccc2)c(OC)c1. The molecule has 0 bridgehead atoms. The van der Waals surface area contributed by atoms with Crippen molar-refractivity contribution in [3.05, 3.63) is 65.5 Å². The zero-order valence-corrected chi connectivity index (χ0v) is 19.6. The van der Waals surface area contributed by atoms with Crippen molar-refractivity contribution in [1.29, 1.82) is 0 Å². The molecule has 1 fully saturated rings. The van der Waals surface area contributed by atoms with Crippen molar-refractivity contribution >= 4 is 17.7 Å². The molecular formula is C24H28N4O4S. The number of nitrogens with zero attached hydrogens (tertiary/aromatic N) is 3. The van der Waals surface area contributed by atoms with Crippen LogP contribution in [-0.2, 0) is 17.8 Å². The maximum Gasteiger partial charge on any atom is 0.255 e. The van der Waals surface area contributed by atoms with Gasteiger partial charge in [-0.15, -0.1) is 10.2 Å². The fourth-order valence-corrected chi connectivity index (χ4v) is 4.69. The number of carbonyl (C=O) groups excluding carboxylic acids is 1. The van der Waals surface area contributed by atoms with Crippen LogP contribution in [0.2, 0.25) is 0 Å². The fraction of sp³-hybridized carbons (Fsp3) is 0.375. The summed E-state index contributed by atoms with van der Waals surface area (Å²) in [6, 6.07) is 15.3. The Morgan fingerprint density at radius 3 is 2.76 bits per heavy atom. The van der Waals surface area contributed by atoms with Crippen molar-refractivity contribution in [3.63, 3.8) is 0 Å². The second kappa shape index (κ2) is 11.2. The summed E-state index contributed by atoms with van der Waals surface area (Å²) in [6.45, 7) is 1.70. The van der Waals surface area contributed by atoms with Crippen LogP contribution in [0.15, 0.2) is 53.7 Å². The van der Waals surface area contributed by atoms with Crippen LogP contribution < -0.4 is 14.8 Å². The summed E-state index contributed by atoms with van der Waals surface area (Å²) in [7, 11) is 3.10. The fourth-order valence-electron chi connectivity index (χ4n) is 3.67.